The van der Waals surface area contributed by atoms with Crippen molar-refractivity contribution in [2.75, 3.05) is 18.5 Å². The van der Waals surface area contributed by atoms with Gasteiger partial charge in [0.15, 0.2) is 0 Å². The smallest absolute Gasteiger partial charge is 0.335 e. The minimum atomic E-state index is -0.848. The van der Waals surface area contributed by atoms with Gasteiger partial charge in [-0.25, -0.2) is 4.79 Å². The summed E-state index contributed by atoms with van der Waals surface area (Å²) in [5.41, 5.74) is 2.70. The van der Waals surface area contributed by atoms with Crippen LogP contribution in [-0.2, 0) is 6.42 Å². The second-order valence-corrected chi connectivity index (χ2v) is 4.34. The van der Waals surface area contributed by atoms with E-state index in [0.717, 1.165) is 24.2 Å². The van der Waals surface area contributed by atoms with Gasteiger partial charge in [0.2, 0.25) is 0 Å². The first-order valence-electron chi connectivity index (χ1n) is 5.15. The van der Waals surface area contributed by atoms with Crippen molar-refractivity contribution in [3.05, 3.63) is 29.3 Å². The van der Waals surface area contributed by atoms with E-state index in [-0.39, 0.29) is 0 Å². The lowest BCUT2D eigenvalue weighted by Gasteiger charge is -2.31. The zero-order valence-electron chi connectivity index (χ0n) is 9.03. The average Bonchev–Trinajstić information content (AvgIpc) is 2.16. The number of carbonyl (C=O) groups is 1. The van der Waals surface area contributed by atoms with Crippen LogP contribution in [0.4, 0.5) is 5.69 Å². The zero-order valence-corrected chi connectivity index (χ0v) is 9.03. The summed E-state index contributed by atoms with van der Waals surface area (Å²) in [5, 5.41) is 8.90. The molecule has 0 aliphatic carbocycles. The third-order valence-corrected chi connectivity index (χ3v) is 2.89. The van der Waals surface area contributed by atoms with E-state index in [4.69, 9.17) is 5.11 Å². The summed E-state index contributed by atoms with van der Waals surface area (Å²) in [7, 11) is 2.05. The van der Waals surface area contributed by atoms with Crippen LogP contribution in [0.1, 0.15) is 22.8 Å². The number of benzene rings is 1. The third kappa shape index (κ3) is 1.82. The molecule has 0 amide bonds. The highest BCUT2D eigenvalue weighted by Gasteiger charge is 2.19. The Bertz CT molecular complexity index is 401. The van der Waals surface area contributed by atoms with Crippen LogP contribution < -0.4 is 4.90 Å². The summed E-state index contributed by atoms with van der Waals surface area (Å²) in [4.78, 5) is 13.0. The lowest BCUT2D eigenvalue weighted by Crippen LogP contribution is -2.30. The predicted molar refractivity (Wildman–Crippen MR) is 59.5 cm³/mol. The van der Waals surface area contributed by atoms with Gasteiger partial charge in [0.1, 0.15) is 0 Å². The van der Waals surface area contributed by atoms with E-state index in [1.165, 1.54) is 0 Å². The van der Waals surface area contributed by atoms with Gasteiger partial charge in [-0.3, -0.25) is 0 Å². The van der Waals surface area contributed by atoms with Gasteiger partial charge in [0.25, 0.3) is 0 Å². The molecule has 0 saturated carbocycles. The molecule has 1 aliphatic heterocycles. The molecule has 1 atom stereocenters. The molecule has 1 heterocycles. The number of hydrogen-bond donors (Lipinski definition) is 1. The highest BCUT2D eigenvalue weighted by atomic mass is 16.4. The Labute approximate surface area is 89.3 Å². The Hall–Kier alpha value is -1.51. The molecule has 1 aliphatic rings. The van der Waals surface area contributed by atoms with E-state index in [0.29, 0.717) is 11.5 Å². The number of aromatic carboxylic acids is 1. The number of nitrogens with zero attached hydrogens (tertiary/aromatic N) is 1. The number of hydrogen-bond acceptors (Lipinski definition) is 2. The minimum absolute atomic E-state index is 0.385. The summed E-state index contributed by atoms with van der Waals surface area (Å²) in [5.74, 6) is -0.259. The molecule has 0 radical (unpaired) electrons. The van der Waals surface area contributed by atoms with Crippen LogP contribution >= 0.6 is 0 Å². The molecule has 1 aromatic carbocycles. The highest BCUT2D eigenvalue weighted by Crippen LogP contribution is 2.29. The molecule has 80 valence electrons. The summed E-state index contributed by atoms with van der Waals surface area (Å²) < 4.78 is 0. The van der Waals surface area contributed by atoms with Crippen molar-refractivity contribution in [2.24, 2.45) is 5.92 Å². The number of rotatable bonds is 1. The fourth-order valence-corrected chi connectivity index (χ4v) is 2.26. The summed E-state index contributed by atoms with van der Waals surface area (Å²) in [6, 6.07) is 5.38. The quantitative estimate of drug-likeness (QED) is 0.762. The molecule has 1 N–H and O–H groups in total. The maximum Gasteiger partial charge on any atom is 0.335 e. The monoisotopic (exact) mass is 205 g/mol. The topological polar surface area (TPSA) is 40.5 Å². The van der Waals surface area contributed by atoms with Crippen molar-refractivity contribution in [3.8, 4) is 0 Å². The fourth-order valence-electron chi connectivity index (χ4n) is 2.26. The van der Waals surface area contributed by atoms with Crippen LogP contribution in [-0.4, -0.2) is 24.7 Å². The van der Waals surface area contributed by atoms with Gasteiger partial charge in [-0.1, -0.05) is 6.92 Å². The van der Waals surface area contributed by atoms with Crippen molar-refractivity contribution >= 4 is 11.7 Å². The molecule has 0 spiro atoms. The summed E-state index contributed by atoms with van der Waals surface area (Å²) in [6.07, 6.45) is 0.973. The summed E-state index contributed by atoms with van der Waals surface area (Å²) in [6.45, 7) is 3.23. The highest BCUT2D eigenvalue weighted by molar-refractivity contribution is 5.88. The molecule has 3 heteroatoms. The van der Waals surface area contributed by atoms with Crippen molar-refractivity contribution in [1.82, 2.24) is 0 Å². The second-order valence-electron chi connectivity index (χ2n) is 4.34. The molecule has 0 bridgehead atoms. The number of fused-ring (bicyclic) bond motifs is 1. The first-order chi connectivity index (χ1) is 7.08. The van der Waals surface area contributed by atoms with E-state index < -0.39 is 5.97 Å². The van der Waals surface area contributed by atoms with Gasteiger partial charge in [-0.05, 0) is 36.1 Å². The number of anilines is 1. The van der Waals surface area contributed by atoms with Crippen LogP contribution in [0, 0.1) is 5.92 Å². The standard InChI is InChI=1S/C12H15NO2/c1-8-5-10-6-9(12(14)15)3-4-11(10)13(2)7-8/h3-4,6,8H,5,7H2,1-2H3,(H,14,15)/t8-/m1/s1. The molecule has 0 aromatic heterocycles. The molecule has 3 nitrogen and oxygen atoms in total. The van der Waals surface area contributed by atoms with E-state index in [9.17, 15) is 4.79 Å². The SMILES string of the molecule is C[C@@H]1Cc2cc(C(=O)O)ccc2N(C)C1. The van der Waals surface area contributed by atoms with Crippen LogP contribution in [0.25, 0.3) is 0 Å². The van der Waals surface area contributed by atoms with E-state index in [2.05, 4.69) is 18.9 Å². The molecule has 0 unspecified atom stereocenters. The molecular weight excluding hydrogens is 190 g/mol. The third-order valence-electron chi connectivity index (χ3n) is 2.89. The maximum atomic E-state index is 10.8. The lowest BCUT2D eigenvalue weighted by atomic mass is 9.93. The summed E-state index contributed by atoms with van der Waals surface area (Å²) >= 11 is 0. The van der Waals surface area contributed by atoms with Crippen molar-refractivity contribution in [2.45, 2.75) is 13.3 Å². The number of carboxylic acids is 1. The van der Waals surface area contributed by atoms with Gasteiger partial charge in [0, 0.05) is 19.3 Å². The van der Waals surface area contributed by atoms with E-state index in [1.807, 2.05) is 6.07 Å². The second kappa shape index (κ2) is 3.57. The van der Waals surface area contributed by atoms with Crippen LogP contribution in [0.15, 0.2) is 18.2 Å². The van der Waals surface area contributed by atoms with E-state index >= 15 is 0 Å². The van der Waals surface area contributed by atoms with E-state index in [1.54, 1.807) is 12.1 Å². The largest absolute Gasteiger partial charge is 0.478 e. The van der Waals surface area contributed by atoms with Crippen LogP contribution in [0.2, 0.25) is 0 Å². The average molecular weight is 205 g/mol. The molecule has 0 fully saturated rings. The Morgan fingerprint density at radius 2 is 2.27 bits per heavy atom. The normalized spacial score (nSPS) is 19.9. The molecule has 2 rings (SSSR count). The van der Waals surface area contributed by atoms with Gasteiger partial charge < -0.3 is 10.0 Å². The minimum Gasteiger partial charge on any atom is -0.478 e. The predicted octanol–water partition coefficient (Wildman–Crippen LogP) is 2.01. The first kappa shape index (κ1) is 10.0. The van der Waals surface area contributed by atoms with Gasteiger partial charge in [-0.15, -0.1) is 0 Å². The van der Waals surface area contributed by atoms with Gasteiger partial charge >= 0.3 is 5.97 Å². The molecule has 15 heavy (non-hydrogen) atoms. The fraction of sp³-hybridized carbons (Fsp3) is 0.417. The Morgan fingerprint density at radius 1 is 1.53 bits per heavy atom. The number of carboxylic acid groups (broad SMARTS) is 1. The van der Waals surface area contributed by atoms with Gasteiger partial charge in [-0.2, -0.15) is 0 Å². The van der Waals surface area contributed by atoms with Crippen molar-refractivity contribution in [3.63, 3.8) is 0 Å². The van der Waals surface area contributed by atoms with Crippen LogP contribution in [0.5, 0.6) is 0 Å². The molecule has 1 aromatic rings. The van der Waals surface area contributed by atoms with Crippen LogP contribution in [0.3, 0.4) is 0 Å². The lowest BCUT2D eigenvalue weighted by molar-refractivity contribution is 0.0696. The van der Waals surface area contributed by atoms with Crippen molar-refractivity contribution < 1.29 is 9.90 Å². The maximum absolute atomic E-state index is 10.8. The first-order valence-corrected chi connectivity index (χ1v) is 5.15. The van der Waals surface area contributed by atoms with Crippen molar-refractivity contribution in [1.29, 1.82) is 0 Å². The van der Waals surface area contributed by atoms with Gasteiger partial charge in [0.05, 0.1) is 5.56 Å². The molecule has 0 saturated heterocycles. The molecular formula is C12H15NO2. The zero-order chi connectivity index (χ0) is 11.0. The Balaban J connectivity index is 2.43. The Kier molecular flexibility index (Phi) is 2.39. The Morgan fingerprint density at radius 3 is 2.93 bits per heavy atom.